The molecule has 0 saturated heterocycles. The average Bonchev–Trinajstić information content (AvgIpc) is 2.84. The number of aryl methyl sites for hydroxylation is 1. The van der Waals surface area contributed by atoms with E-state index in [2.05, 4.69) is 5.10 Å². The van der Waals surface area contributed by atoms with E-state index < -0.39 is 5.82 Å². The second-order valence-corrected chi connectivity index (χ2v) is 5.24. The molecule has 0 fully saturated rings. The maximum Gasteiger partial charge on any atom is 0.141 e. The third kappa shape index (κ3) is 2.62. The Labute approximate surface area is 126 Å². The molecule has 5 heteroatoms. The van der Waals surface area contributed by atoms with Gasteiger partial charge in [-0.2, -0.15) is 5.10 Å². The molecule has 2 N–H and O–H groups in total. The fourth-order valence-corrected chi connectivity index (χ4v) is 2.34. The van der Waals surface area contributed by atoms with Crippen molar-refractivity contribution in [3.63, 3.8) is 0 Å². The van der Waals surface area contributed by atoms with Gasteiger partial charge in [0.05, 0.1) is 16.4 Å². The van der Waals surface area contributed by atoms with Crippen molar-refractivity contribution >= 4 is 17.4 Å². The first kappa shape index (κ1) is 13.6. The number of hydrogen-bond acceptors (Lipinski definition) is 2. The molecule has 0 bridgehead atoms. The standard InChI is InChI=1S/C16H13ClFN3/c1-10-3-2-4-11(7-10)15-9-16(19)21(20-15)12-5-6-14(18)13(17)8-12/h2-9H,19H2,1H3. The van der Waals surface area contributed by atoms with Gasteiger partial charge in [-0.05, 0) is 31.2 Å². The van der Waals surface area contributed by atoms with Crippen molar-refractivity contribution in [2.75, 3.05) is 5.73 Å². The monoisotopic (exact) mass is 301 g/mol. The number of anilines is 1. The summed E-state index contributed by atoms with van der Waals surface area (Å²) in [7, 11) is 0. The number of aromatic nitrogens is 2. The molecule has 0 saturated carbocycles. The molecule has 0 unspecified atom stereocenters. The van der Waals surface area contributed by atoms with Crippen LogP contribution in [-0.4, -0.2) is 9.78 Å². The third-order valence-electron chi connectivity index (χ3n) is 3.20. The summed E-state index contributed by atoms with van der Waals surface area (Å²) in [5, 5.41) is 4.51. The van der Waals surface area contributed by atoms with E-state index in [-0.39, 0.29) is 5.02 Å². The van der Waals surface area contributed by atoms with Gasteiger partial charge in [-0.1, -0.05) is 35.4 Å². The van der Waals surface area contributed by atoms with E-state index in [0.717, 1.165) is 16.8 Å². The first-order valence-electron chi connectivity index (χ1n) is 6.42. The van der Waals surface area contributed by atoms with Crippen molar-refractivity contribution < 1.29 is 4.39 Å². The van der Waals surface area contributed by atoms with Gasteiger partial charge in [0, 0.05) is 11.6 Å². The molecule has 3 nitrogen and oxygen atoms in total. The Morgan fingerprint density at radius 1 is 1.14 bits per heavy atom. The van der Waals surface area contributed by atoms with Gasteiger partial charge in [-0.3, -0.25) is 0 Å². The summed E-state index contributed by atoms with van der Waals surface area (Å²) in [6, 6.07) is 14.2. The van der Waals surface area contributed by atoms with Crippen LogP contribution in [0.1, 0.15) is 5.56 Å². The number of rotatable bonds is 2. The molecule has 3 rings (SSSR count). The van der Waals surface area contributed by atoms with Crippen molar-refractivity contribution in [2.24, 2.45) is 0 Å². The summed E-state index contributed by atoms with van der Waals surface area (Å²) in [4.78, 5) is 0. The molecule has 0 amide bonds. The van der Waals surface area contributed by atoms with E-state index >= 15 is 0 Å². The minimum absolute atomic E-state index is 0.0412. The Balaban J connectivity index is 2.07. The SMILES string of the molecule is Cc1cccc(-c2cc(N)n(-c3ccc(F)c(Cl)c3)n2)c1. The Kier molecular flexibility index (Phi) is 3.39. The van der Waals surface area contributed by atoms with Crippen LogP contribution in [0.5, 0.6) is 0 Å². The van der Waals surface area contributed by atoms with E-state index in [9.17, 15) is 4.39 Å². The highest BCUT2D eigenvalue weighted by atomic mass is 35.5. The average molecular weight is 302 g/mol. The van der Waals surface area contributed by atoms with Crippen molar-refractivity contribution in [1.29, 1.82) is 0 Å². The summed E-state index contributed by atoms with van der Waals surface area (Å²) < 4.78 is 14.8. The van der Waals surface area contributed by atoms with Gasteiger partial charge in [0.2, 0.25) is 0 Å². The molecule has 21 heavy (non-hydrogen) atoms. The number of nitrogens with two attached hydrogens (primary N) is 1. The first-order valence-corrected chi connectivity index (χ1v) is 6.80. The molecule has 0 aliphatic carbocycles. The summed E-state index contributed by atoms with van der Waals surface area (Å²) >= 11 is 5.80. The molecule has 3 aromatic rings. The van der Waals surface area contributed by atoms with Crippen LogP contribution in [-0.2, 0) is 0 Å². The Morgan fingerprint density at radius 3 is 2.67 bits per heavy atom. The number of nitrogens with zero attached hydrogens (tertiary/aromatic N) is 2. The van der Waals surface area contributed by atoms with E-state index in [0.29, 0.717) is 11.5 Å². The lowest BCUT2D eigenvalue weighted by Crippen LogP contribution is -2.01. The molecule has 1 heterocycles. The van der Waals surface area contributed by atoms with Crippen LogP contribution in [0.4, 0.5) is 10.2 Å². The molecule has 0 atom stereocenters. The number of nitrogen functional groups attached to an aromatic ring is 1. The molecular formula is C16H13ClFN3. The molecule has 0 aliphatic rings. The molecule has 0 spiro atoms. The maximum absolute atomic E-state index is 13.2. The smallest absolute Gasteiger partial charge is 0.141 e. The van der Waals surface area contributed by atoms with Crippen molar-refractivity contribution in [1.82, 2.24) is 9.78 Å². The second kappa shape index (κ2) is 5.22. The van der Waals surface area contributed by atoms with Crippen molar-refractivity contribution in [3.05, 3.63) is 64.9 Å². The lowest BCUT2D eigenvalue weighted by atomic mass is 10.1. The summed E-state index contributed by atoms with van der Waals surface area (Å²) in [6.07, 6.45) is 0. The molecule has 2 aromatic carbocycles. The van der Waals surface area contributed by atoms with E-state index in [1.54, 1.807) is 16.8 Å². The second-order valence-electron chi connectivity index (χ2n) is 4.83. The van der Waals surface area contributed by atoms with Gasteiger partial charge in [0.15, 0.2) is 0 Å². The summed E-state index contributed by atoms with van der Waals surface area (Å²) in [5.41, 5.74) is 9.51. The highest BCUT2D eigenvalue weighted by Crippen LogP contribution is 2.25. The topological polar surface area (TPSA) is 43.8 Å². The van der Waals surface area contributed by atoms with Crippen molar-refractivity contribution in [3.8, 4) is 16.9 Å². The van der Waals surface area contributed by atoms with Gasteiger partial charge in [-0.25, -0.2) is 9.07 Å². The van der Waals surface area contributed by atoms with Crippen LogP contribution < -0.4 is 5.73 Å². The normalized spacial score (nSPS) is 10.8. The van der Waals surface area contributed by atoms with Crippen molar-refractivity contribution in [2.45, 2.75) is 6.92 Å². The van der Waals surface area contributed by atoms with Gasteiger partial charge < -0.3 is 5.73 Å². The fourth-order valence-electron chi connectivity index (χ4n) is 2.16. The van der Waals surface area contributed by atoms with Crippen LogP contribution in [0, 0.1) is 12.7 Å². The third-order valence-corrected chi connectivity index (χ3v) is 3.49. The van der Waals surface area contributed by atoms with Gasteiger partial charge in [0.1, 0.15) is 11.6 Å². The lowest BCUT2D eigenvalue weighted by Gasteiger charge is -2.04. The highest BCUT2D eigenvalue weighted by Gasteiger charge is 2.10. The molecule has 106 valence electrons. The van der Waals surface area contributed by atoms with E-state index in [1.165, 1.54) is 12.1 Å². The summed E-state index contributed by atoms with van der Waals surface area (Å²) in [5.74, 6) is -0.000710. The predicted molar refractivity (Wildman–Crippen MR) is 83.1 cm³/mol. The number of halogens is 2. The maximum atomic E-state index is 13.2. The van der Waals surface area contributed by atoms with Gasteiger partial charge in [0.25, 0.3) is 0 Å². The predicted octanol–water partition coefficient (Wildman–Crippen LogP) is 4.22. The van der Waals surface area contributed by atoms with Gasteiger partial charge >= 0.3 is 0 Å². The Hall–Kier alpha value is -2.33. The number of benzene rings is 2. The van der Waals surface area contributed by atoms with Crippen LogP contribution in [0.3, 0.4) is 0 Å². The first-order chi connectivity index (χ1) is 10.0. The largest absolute Gasteiger partial charge is 0.384 e. The molecule has 1 aromatic heterocycles. The van der Waals surface area contributed by atoms with Crippen LogP contribution in [0.2, 0.25) is 5.02 Å². The zero-order valence-electron chi connectivity index (χ0n) is 11.3. The minimum Gasteiger partial charge on any atom is -0.384 e. The van der Waals surface area contributed by atoms with Crippen LogP contribution in [0.25, 0.3) is 16.9 Å². The summed E-state index contributed by atoms with van der Waals surface area (Å²) in [6.45, 7) is 2.02. The zero-order chi connectivity index (χ0) is 15.0. The van der Waals surface area contributed by atoms with E-state index in [4.69, 9.17) is 17.3 Å². The Bertz CT molecular complexity index is 811. The zero-order valence-corrected chi connectivity index (χ0v) is 12.1. The van der Waals surface area contributed by atoms with Crippen LogP contribution >= 0.6 is 11.6 Å². The van der Waals surface area contributed by atoms with E-state index in [1.807, 2.05) is 31.2 Å². The Morgan fingerprint density at radius 2 is 1.95 bits per heavy atom. The number of hydrogen-bond donors (Lipinski definition) is 1. The molecule has 0 radical (unpaired) electrons. The minimum atomic E-state index is -0.468. The highest BCUT2D eigenvalue weighted by molar-refractivity contribution is 6.30. The van der Waals surface area contributed by atoms with Gasteiger partial charge in [-0.15, -0.1) is 0 Å². The molecular weight excluding hydrogens is 289 g/mol. The van der Waals surface area contributed by atoms with Crippen LogP contribution in [0.15, 0.2) is 48.5 Å². The lowest BCUT2D eigenvalue weighted by molar-refractivity contribution is 0.627. The quantitative estimate of drug-likeness (QED) is 0.770. The molecule has 0 aliphatic heterocycles. The fraction of sp³-hybridized carbons (Fsp3) is 0.0625.